The van der Waals surface area contributed by atoms with Crippen LogP contribution in [0.25, 0.3) is 10.7 Å². The Morgan fingerprint density at radius 3 is 2.65 bits per heavy atom. The van der Waals surface area contributed by atoms with Gasteiger partial charge in [0.25, 0.3) is 5.56 Å². The fourth-order valence-electron chi connectivity index (χ4n) is 1.55. The molecule has 0 aliphatic rings. The molecule has 0 saturated heterocycles. The molecule has 2 aromatic heterocycles. The van der Waals surface area contributed by atoms with Crippen molar-refractivity contribution in [3.63, 3.8) is 0 Å². The second-order valence-electron chi connectivity index (χ2n) is 3.91. The van der Waals surface area contributed by atoms with E-state index in [4.69, 9.17) is 11.6 Å². The van der Waals surface area contributed by atoms with E-state index in [2.05, 4.69) is 9.97 Å². The quantitative estimate of drug-likeness (QED) is 0.882. The molecule has 0 aromatic carbocycles. The van der Waals surface area contributed by atoms with Gasteiger partial charge in [0.1, 0.15) is 0 Å². The van der Waals surface area contributed by atoms with E-state index in [0.717, 1.165) is 4.88 Å². The lowest BCUT2D eigenvalue weighted by atomic mass is 10.1. The summed E-state index contributed by atoms with van der Waals surface area (Å²) in [6, 6.07) is 3.47. The van der Waals surface area contributed by atoms with E-state index in [1.165, 1.54) is 11.3 Å². The molecule has 0 bridgehead atoms. The van der Waals surface area contributed by atoms with Crippen LogP contribution in [0.4, 0.5) is 0 Å². The molecule has 0 fully saturated rings. The largest absolute Gasteiger partial charge is 0.493 e. The number of thiophene rings is 1. The Labute approximate surface area is 107 Å². The number of rotatable bonds is 2. The van der Waals surface area contributed by atoms with E-state index >= 15 is 0 Å². The van der Waals surface area contributed by atoms with Gasteiger partial charge in [-0.2, -0.15) is 4.98 Å². The number of aromatic amines is 1. The minimum absolute atomic E-state index is 0.0766. The zero-order valence-corrected chi connectivity index (χ0v) is 10.9. The van der Waals surface area contributed by atoms with Gasteiger partial charge >= 0.3 is 0 Å². The number of hydrogen-bond donors (Lipinski definition) is 2. The molecule has 0 spiro atoms. The first-order valence-electron chi connectivity index (χ1n) is 5.08. The number of aromatic nitrogens is 2. The third kappa shape index (κ3) is 2.35. The highest BCUT2D eigenvalue weighted by Gasteiger charge is 2.15. The molecule has 4 nitrogen and oxygen atoms in total. The summed E-state index contributed by atoms with van der Waals surface area (Å²) >= 11 is 7.10. The Bertz CT molecular complexity index is 604. The van der Waals surface area contributed by atoms with Gasteiger partial charge in [-0.1, -0.05) is 25.4 Å². The van der Waals surface area contributed by atoms with E-state index in [-0.39, 0.29) is 17.4 Å². The van der Waals surface area contributed by atoms with Crippen molar-refractivity contribution in [1.82, 2.24) is 9.97 Å². The Morgan fingerprint density at radius 2 is 2.18 bits per heavy atom. The first-order chi connectivity index (χ1) is 7.99. The SMILES string of the molecule is CC(C)c1c(O)nc(-c2ccc(Cl)s2)[nH]c1=O. The standard InChI is InChI=1S/C11H11ClN2O2S/c1-5(2)8-10(15)13-9(14-11(8)16)6-3-4-7(12)17-6/h3-5H,1-2H3,(H2,13,14,15,16). The predicted octanol–water partition coefficient (Wildman–Crippen LogP) is 2.98. The highest BCUT2D eigenvalue weighted by Crippen LogP contribution is 2.30. The number of H-pyrrole nitrogens is 1. The van der Waals surface area contributed by atoms with Crippen LogP contribution in [0.3, 0.4) is 0 Å². The fourth-order valence-corrected chi connectivity index (χ4v) is 2.54. The molecule has 6 heteroatoms. The van der Waals surface area contributed by atoms with Crippen molar-refractivity contribution in [2.45, 2.75) is 19.8 Å². The minimum atomic E-state index is -0.313. The molecule has 2 rings (SSSR count). The molecule has 17 heavy (non-hydrogen) atoms. The maximum Gasteiger partial charge on any atom is 0.258 e. The van der Waals surface area contributed by atoms with Crippen LogP contribution >= 0.6 is 22.9 Å². The van der Waals surface area contributed by atoms with Crippen LogP contribution < -0.4 is 5.56 Å². The minimum Gasteiger partial charge on any atom is -0.493 e. The topological polar surface area (TPSA) is 66.0 Å². The highest BCUT2D eigenvalue weighted by molar-refractivity contribution is 7.19. The van der Waals surface area contributed by atoms with Gasteiger partial charge < -0.3 is 10.1 Å². The third-order valence-corrected chi connectivity index (χ3v) is 3.56. The smallest absolute Gasteiger partial charge is 0.258 e. The number of aromatic hydroxyl groups is 1. The molecule has 0 atom stereocenters. The molecule has 0 saturated carbocycles. The molecule has 0 unspecified atom stereocenters. The summed E-state index contributed by atoms with van der Waals surface area (Å²) in [6.45, 7) is 3.65. The van der Waals surface area contributed by atoms with Crippen molar-refractivity contribution in [1.29, 1.82) is 0 Å². The summed E-state index contributed by atoms with van der Waals surface area (Å²) in [6.07, 6.45) is 0. The number of nitrogens with one attached hydrogen (secondary N) is 1. The summed E-state index contributed by atoms with van der Waals surface area (Å²) in [5, 5.41) is 9.75. The van der Waals surface area contributed by atoms with E-state index in [1.54, 1.807) is 12.1 Å². The first-order valence-corrected chi connectivity index (χ1v) is 6.27. The molecule has 2 N–H and O–H groups in total. The van der Waals surface area contributed by atoms with Gasteiger partial charge in [0.15, 0.2) is 5.82 Å². The van der Waals surface area contributed by atoms with Crippen molar-refractivity contribution < 1.29 is 5.11 Å². The van der Waals surface area contributed by atoms with Gasteiger partial charge in [-0.05, 0) is 18.1 Å². The van der Waals surface area contributed by atoms with Crippen molar-refractivity contribution >= 4 is 22.9 Å². The van der Waals surface area contributed by atoms with Crippen LogP contribution in [0.15, 0.2) is 16.9 Å². The molecule has 0 aliphatic heterocycles. The maximum atomic E-state index is 11.8. The zero-order valence-electron chi connectivity index (χ0n) is 9.32. The van der Waals surface area contributed by atoms with Gasteiger partial charge in [-0.15, -0.1) is 11.3 Å². The normalized spacial score (nSPS) is 11.1. The summed E-state index contributed by atoms with van der Waals surface area (Å²) in [5.41, 5.74) is -0.0107. The van der Waals surface area contributed by atoms with Crippen LogP contribution in [0.2, 0.25) is 4.34 Å². The molecule has 2 heterocycles. The monoisotopic (exact) mass is 270 g/mol. The first kappa shape index (κ1) is 12.1. The Hall–Kier alpha value is -1.33. The van der Waals surface area contributed by atoms with Gasteiger partial charge in [-0.25, -0.2) is 0 Å². The summed E-state index contributed by atoms with van der Waals surface area (Å²) in [4.78, 5) is 19.2. The average Bonchev–Trinajstić information content (AvgIpc) is 2.63. The van der Waals surface area contributed by atoms with Gasteiger partial charge in [0.2, 0.25) is 5.88 Å². The predicted molar refractivity (Wildman–Crippen MR) is 68.9 cm³/mol. The lowest BCUT2D eigenvalue weighted by Gasteiger charge is -2.07. The highest BCUT2D eigenvalue weighted by atomic mass is 35.5. The molecular formula is C11H11ClN2O2S. The van der Waals surface area contributed by atoms with E-state index < -0.39 is 0 Å². The van der Waals surface area contributed by atoms with Crippen LogP contribution in [0.5, 0.6) is 5.88 Å². The second-order valence-corrected chi connectivity index (χ2v) is 5.63. The Kier molecular flexibility index (Phi) is 3.22. The number of hydrogen-bond acceptors (Lipinski definition) is 4. The lowest BCUT2D eigenvalue weighted by Crippen LogP contribution is -2.16. The van der Waals surface area contributed by atoms with Gasteiger partial charge in [0.05, 0.1) is 14.8 Å². The molecule has 0 radical (unpaired) electrons. The zero-order chi connectivity index (χ0) is 12.6. The van der Waals surface area contributed by atoms with Gasteiger partial charge in [0, 0.05) is 0 Å². The number of nitrogens with zero attached hydrogens (tertiary/aromatic N) is 1. The van der Waals surface area contributed by atoms with Crippen molar-refractivity contribution in [3.05, 3.63) is 32.4 Å². The van der Waals surface area contributed by atoms with Crippen molar-refractivity contribution in [3.8, 4) is 16.6 Å². The lowest BCUT2D eigenvalue weighted by molar-refractivity contribution is 0.440. The van der Waals surface area contributed by atoms with Crippen LogP contribution in [0, 0.1) is 0 Å². The van der Waals surface area contributed by atoms with E-state index in [9.17, 15) is 9.90 Å². The molecule has 2 aromatic rings. The van der Waals surface area contributed by atoms with E-state index in [0.29, 0.717) is 15.7 Å². The van der Waals surface area contributed by atoms with Crippen molar-refractivity contribution in [2.75, 3.05) is 0 Å². The molecule has 90 valence electrons. The number of halogens is 1. The fraction of sp³-hybridized carbons (Fsp3) is 0.273. The second kappa shape index (κ2) is 4.50. The Morgan fingerprint density at radius 1 is 1.47 bits per heavy atom. The third-order valence-electron chi connectivity index (χ3n) is 2.32. The van der Waals surface area contributed by atoms with Gasteiger partial charge in [-0.3, -0.25) is 4.79 Å². The summed E-state index contributed by atoms with van der Waals surface area (Å²) in [7, 11) is 0. The van der Waals surface area contributed by atoms with Crippen LogP contribution in [-0.4, -0.2) is 15.1 Å². The molecule has 0 aliphatic carbocycles. The average molecular weight is 271 g/mol. The van der Waals surface area contributed by atoms with Crippen LogP contribution in [0.1, 0.15) is 25.3 Å². The summed E-state index contributed by atoms with van der Waals surface area (Å²) in [5.74, 6) is 0.0456. The summed E-state index contributed by atoms with van der Waals surface area (Å²) < 4.78 is 0.607. The Balaban J connectivity index is 2.57. The van der Waals surface area contributed by atoms with Crippen LogP contribution in [-0.2, 0) is 0 Å². The molecule has 0 amide bonds. The van der Waals surface area contributed by atoms with E-state index in [1.807, 2.05) is 13.8 Å². The van der Waals surface area contributed by atoms with Crippen molar-refractivity contribution in [2.24, 2.45) is 0 Å². The maximum absolute atomic E-state index is 11.8. The molecular weight excluding hydrogens is 260 g/mol.